The predicted molar refractivity (Wildman–Crippen MR) is 52.5 cm³/mol. The standard InChI is InChI=1S/C9H7N3O3/c13-5-4-11-8-2-1-3-9(12(14)15)7(8)6-10-11/h1-3,5-6H,4H2. The molecule has 0 radical (unpaired) electrons. The van der Waals surface area contributed by atoms with E-state index in [1.54, 1.807) is 12.1 Å². The molecule has 1 aromatic carbocycles. The third-order valence-corrected chi connectivity index (χ3v) is 2.11. The molecule has 0 aliphatic rings. The Morgan fingerprint density at radius 2 is 2.33 bits per heavy atom. The van der Waals surface area contributed by atoms with Gasteiger partial charge in [0.2, 0.25) is 0 Å². The summed E-state index contributed by atoms with van der Waals surface area (Å²) in [6.45, 7) is 0.102. The second-order valence-corrected chi connectivity index (χ2v) is 2.96. The highest BCUT2D eigenvalue weighted by atomic mass is 16.6. The Kier molecular flexibility index (Phi) is 2.17. The van der Waals surface area contributed by atoms with E-state index in [0.29, 0.717) is 17.2 Å². The maximum Gasteiger partial charge on any atom is 0.280 e. The van der Waals surface area contributed by atoms with Crippen LogP contribution in [-0.2, 0) is 11.3 Å². The lowest BCUT2D eigenvalue weighted by molar-refractivity contribution is -0.383. The number of non-ortho nitro benzene ring substituents is 1. The normalized spacial score (nSPS) is 10.4. The summed E-state index contributed by atoms with van der Waals surface area (Å²) < 4.78 is 1.43. The second kappa shape index (κ2) is 3.49. The smallest absolute Gasteiger partial charge is 0.280 e. The van der Waals surface area contributed by atoms with Crippen LogP contribution in [0.2, 0.25) is 0 Å². The van der Waals surface area contributed by atoms with Crippen LogP contribution in [0.25, 0.3) is 10.9 Å². The van der Waals surface area contributed by atoms with Crippen LogP contribution in [-0.4, -0.2) is 21.0 Å². The van der Waals surface area contributed by atoms with Gasteiger partial charge in [0.05, 0.1) is 28.6 Å². The number of nitro groups is 1. The molecule has 76 valence electrons. The van der Waals surface area contributed by atoms with Crippen molar-refractivity contribution in [2.24, 2.45) is 0 Å². The van der Waals surface area contributed by atoms with Gasteiger partial charge in [0, 0.05) is 6.07 Å². The first-order valence-corrected chi connectivity index (χ1v) is 4.26. The molecule has 0 aliphatic carbocycles. The van der Waals surface area contributed by atoms with Crippen molar-refractivity contribution in [1.29, 1.82) is 0 Å². The fraction of sp³-hybridized carbons (Fsp3) is 0.111. The average Bonchev–Trinajstić information content (AvgIpc) is 2.62. The van der Waals surface area contributed by atoms with Gasteiger partial charge in [-0.05, 0) is 6.07 Å². The fourth-order valence-electron chi connectivity index (χ4n) is 1.46. The van der Waals surface area contributed by atoms with Crippen molar-refractivity contribution >= 4 is 22.9 Å². The Bertz CT molecular complexity index is 532. The number of aromatic nitrogens is 2. The molecular weight excluding hydrogens is 198 g/mol. The summed E-state index contributed by atoms with van der Waals surface area (Å²) in [6, 6.07) is 4.68. The quantitative estimate of drug-likeness (QED) is 0.427. The summed E-state index contributed by atoms with van der Waals surface area (Å²) in [5.74, 6) is 0. The van der Waals surface area contributed by atoms with Crippen molar-refractivity contribution in [3.05, 3.63) is 34.5 Å². The van der Waals surface area contributed by atoms with Gasteiger partial charge in [-0.3, -0.25) is 14.8 Å². The molecule has 15 heavy (non-hydrogen) atoms. The summed E-state index contributed by atoms with van der Waals surface area (Å²) in [5.41, 5.74) is 0.598. The number of carbonyl (C=O) groups excluding carboxylic acids is 1. The van der Waals surface area contributed by atoms with Crippen LogP contribution in [0.15, 0.2) is 24.4 Å². The van der Waals surface area contributed by atoms with Crippen molar-refractivity contribution in [3.8, 4) is 0 Å². The molecule has 0 spiro atoms. The molecule has 0 fully saturated rings. The fourth-order valence-corrected chi connectivity index (χ4v) is 1.46. The zero-order valence-corrected chi connectivity index (χ0v) is 7.66. The summed E-state index contributed by atoms with van der Waals surface area (Å²) in [4.78, 5) is 20.6. The highest BCUT2D eigenvalue weighted by Crippen LogP contribution is 2.24. The minimum absolute atomic E-state index is 0.00430. The van der Waals surface area contributed by atoms with Crippen molar-refractivity contribution in [1.82, 2.24) is 9.78 Å². The van der Waals surface area contributed by atoms with E-state index in [2.05, 4.69) is 5.10 Å². The van der Waals surface area contributed by atoms with E-state index >= 15 is 0 Å². The molecule has 2 aromatic rings. The number of benzene rings is 1. The first-order valence-electron chi connectivity index (χ1n) is 4.26. The van der Waals surface area contributed by atoms with Crippen LogP contribution in [0, 0.1) is 10.1 Å². The molecule has 0 saturated carbocycles. The molecule has 6 heteroatoms. The zero-order chi connectivity index (χ0) is 10.8. The monoisotopic (exact) mass is 205 g/mol. The van der Waals surface area contributed by atoms with E-state index in [1.807, 2.05) is 0 Å². The molecule has 0 unspecified atom stereocenters. The Morgan fingerprint density at radius 3 is 3.00 bits per heavy atom. The SMILES string of the molecule is O=CCn1ncc2c([N+](=O)[O-])cccc21. The van der Waals surface area contributed by atoms with Gasteiger partial charge in [-0.2, -0.15) is 5.10 Å². The maximum atomic E-state index is 10.7. The first-order chi connectivity index (χ1) is 7.24. The van der Waals surface area contributed by atoms with Crippen LogP contribution in [0.4, 0.5) is 5.69 Å². The molecule has 0 atom stereocenters. The van der Waals surface area contributed by atoms with Gasteiger partial charge in [0.1, 0.15) is 6.29 Å². The minimum atomic E-state index is -0.463. The molecule has 0 aliphatic heterocycles. The minimum Gasteiger partial charge on any atom is -0.301 e. The lowest BCUT2D eigenvalue weighted by Gasteiger charge is -1.96. The van der Waals surface area contributed by atoms with Crippen molar-refractivity contribution in [2.75, 3.05) is 0 Å². The van der Waals surface area contributed by atoms with Crippen LogP contribution in [0.5, 0.6) is 0 Å². The van der Waals surface area contributed by atoms with E-state index in [1.165, 1.54) is 16.9 Å². The number of aldehydes is 1. The number of nitrogens with zero attached hydrogens (tertiary/aromatic N) is 3. The third-order valence-electron chi connectivity index (χ3n) is 2.11. The van der Waals surface area contributed by atoms with Crippen LogP contribution in [0.1, 0.15) is 0 Å². The van der Waals surface area contributed by atoms with E-state index in [4.69, 9.17) is 0 Å². The Morgan fingerprint density at radius 1 is 1.53 bits per heavy atom. The van der Waals surface area contributed by atoms with Gasteiger partial charge in [0.25, 0.3) is 5.69 Å². The summed E-state index contributed by atoms with van der Waals surface area (Å²) in [7, 11) is 0. The van der Waals surface area contributed by atoms with Crippen LogP contribution < -0.4 is 0 Å². The number of carbonyl (C=O) groups is 1. The maximum absolute atomic E-state index is 10.7. The van der Waals surface area contributed by atoms with E-state index in [-0.39, 0.29) is 12.2 Å². The molecule has 2 rings (SSSR count). The predicted octanol–water partition coefficient (Wildman–Crippen LogP) is 1.14. The van der Waals surface area contributed by atoms with Gasteiger partial charge < -0.3 is 4.79 Å². The van der Waals surface area contributed by atoms with E-state index in [9.17, 15) is 14.9 Å². The molecule has 0 N–H and O–H groups in total. The third kappa shape index (κ3) is 1.45. The highest BCUT2D eigenvalue weighted by molar-refractivity contribution is 5.88. The zero-order valence-electron chi connectivity index (χ0n) is 7.66. The van der Waals surface area contributed by atoms with Gasteiger partial charge in [-0.1, -0.05) is 6.07 Å². The lowest BCUT2D eigenvalue weighted by Crippen LogP contribution is -2.00. The van der Waals surface area contributed by atoms with Crippen molar-refractivity contribution < 1.29 is 9.72 Å². The van der Waals surface area contributed by atoms with Crippen LogP contribution in [0.3, 0.4) is 0 Å². The Balaban J connectivity index is 2.68. The Hall–Kier alpha value is -2.24. The number of fused-ring (bicyclic) bond motifs is 1. The number of hydrogen-bond acceptors (Lipinski definition) is 4. The number of nitro benzene ring substituents is 1. The number of hydrogen-bond donors (Lipinski definition) is 0. The molecule has 0 bridgehead atoms. The molecule has 0 saturated heterocycles. The molecular formula is C9H7N3O3. The first kappa shape index (κ1) is 9.32. The van der Waals surface area contributed by atoms with Gasteiger partial charge >= 0.3 is 0 Å². The topological polar surface area (TPSA) is 78.0 Å². The van der Waals surface area contributed by atoms with Gasteiger partial charge in [-0.15, -0.1) is 0 Å². The molecule has 1 heterocycles. The highest BCUT2D eigenvalue weighted by Gasteiger charge is 2.14. The molecule has 6 nitrogen and oxygen atoms in total. The van der Waals surface area contributed by atoms with E-state index in [0.717, 1.165) is 0 Å². The largest absolute Gasteiger partial charge is 0.301 e. The summed E-state index contributed by atoms with van der Waals surface area (Å²) in [5, 5.41) is 15.0. The molecule has 1 aromatic heterocycles. The average molecular weight is 205 g/mol. The number of rotatable bonds is 3. The summed E-state index contributed by atoms with van der Waals surface area (Å²) >= 11 is 0. The Labute approximate surface area is 84.3 Å². The second-order valence-electron chi connectivity index (χ2n) is 2.96. The van der Waals surface area contributed by atoms with Gasteiger partial charge in [0.15, 0.2) is 0 Å². The van der Waals surface area contributed by atoms with Crippen LogP contribution >= 0.6 is 0 Å². The molecule has 0 amide bonds. The van der Waals surface area contributed by atoms with Crippen molar-refractivity contribution in [2.45, 2.75) is 6.54 Å². The van der Waals surface area contributed by atoms with Gasteiger partial charge in [-0.25, -0.2) is 0 Å². The lowest BCUT2D eigenvalue weighted by atomic mass is 10.2. The van der Waals surface area contributed by atoms with E-state index < -0.39 is 4.92 Å². The van der Waals surface area contributed by atoms with Crippen molar-refractivity contribution in [3.63, 3.8) is 0 Å². The summed E-state index contributed by atoms with van der Waals surface area (Å²) in [6.07, 6.45) is 2.10.